The Balaban J connectivity index is 1.81. The van der Waals surface area contributed by atoms with E-state index in [2.05, 4.69) is 61.5 Å². The Bertz CT molecular complexity index is 822. The molecule has 0 aliphatic rings. The van der Waals surface area contributed by atoms with Gasteiger partial charge in [0.1, 0.15) is 0 Å². The van der Waals surface area contributed by atoms with Gasteiger partial charge in [0.2, 0.25) is 0 Å². The van der Waals surface area contributed by atoms with Crippen LogP contribution in [0.15, 0.2) is 102 Å². The fraction of sp³-hybridized carbons (Fsp3) is 0.0870. The summed E-state index contributed by atoms with van der Waals surface area (Å²) in [5, 5.41) is 6.75. The lowest BCUT2D eigenvalue weighted by atomic mass is 10.1. The second-order valence-electron chi connectivity index (χ2n) is 5.92. The quantitative estimate of drug-likeness (QED) is 0.414. The average Bonchev–Trinajstić information content (AvgIpc) is 2.67. The highest BCUT2D eigenvalue weighted by molar-refractivity contribution is 5.85. The van der Waals surface area contributed by atoms with E-state index in [-0.39, 0.29) is 0 Å². The fourth-order valence-electron chi connectivity index (χ4n) is 2.57. The van der Waals surface area contributed by atoms with Crippen molar-refractivity contribution < 1.29 is 0 Å². The Labute approximate surface area is 149 Å². The highest BCUT2D eigenvalue weighted by atomic mass is 15.4. The van der Waals surface area contributed by atoms with Crippen LogP contribution in [0.5, 0.6) is 0 Å². The van der Waals surface area contributed by atoms with Crippen LogP contribution < -0.4 is 5.01 Å². The molecule has 2 nitrogen and oxygen atoms in total. The molecule has 2 heteroatoms. The van der Waals surface area contributed by atoms with Crippen LogP contribution in [0.4, 0.5) is 5.69 Å². The molecule has 0 aliphatic heterocycles. The number of hydrazone groups is 1. The van der Waals surface area contributed by atoms with E-state index in [0.29, 0.717) is 0 Å². The topological polar surface area (TPSA) is 15.6 Å². The smallest absolute Gasteiger partial charge is 0.0666 e. The monoisotopic (exact) mass is 326 g/mol. The molecule has 25 heavy (non-hydrogen) atoms. The van der Waals surface area contributed by atoms with Crippen molar-refractivity contribution in [1.82, 2.24) is 0 Å². The summed E-state index contributed by atoms with van der Waals surface area (Å²) < 4.78 is 0. The van der Waals surface area contributed by atoms with Crippen molar-refractivity contribution in [2.75, 3.05) is 5.01 Å². The van der Waals surface area contributed by atoms with Gasteiger partial charge in [0.05, 0.1) is 18.4 Å². The Kier molecular flexibility index (Phi) is 5.78. The number of para-hydroxylation sites is 1. The number of allylic oxidation sites excluding steroid dienone is 1. The van der Waals surface area contributed by atoms with Crippen LogP contribution in [0.3, 0.4) is 0 Å². The van der Waals surface area contributed by atoms with E-state index in [1.54, 1.807) is 0 Å². The van der Waals surface area contributed by atoms with Gasteiger partial charge in [-0.2, -0.15) is 5.10 Å². The molecule has 124 valence electrons. The summed E-state index contributed by atoms with van der Waals surface area (Å²) in [7, 11) is 0. The number of hydrogen-bond donors (Lipinski definition) is 0. The lowest BCUT2D eigenvalue weighted by Gasteiger charge is -2.19. The highest BCUT2D eigenvalue weighted by Crippen LogP contribution is 2.17. The van der Waals surface area contributed by atoms with Gasteiger partial charge in [0.15, 0.2) is 0 Å². The van der Waals surface area contributed by atoms with E-state index in [4.69, 9.17) is 5.10 Å². The standard InChI is InChI=1S/C23H22N2/c1-20(17-21-11-5-2-6-12-21)18-24-25(23-15-9-4-10-16-23)19-22-13-7-3-8-14-22/h2-18H,19H2,1H3. The lowest BCUT2D eigenvalue weighted by Crippen LogP contribution is -2.15. The van der Waals surface area contributed by atoms with Crippen molar-refractivity contribution in [3.05, 3.63) is 108 Å². The number of nitrogens with zero attached hydrogens (tertiary/aromatic N) is 2. The Hall–Kier alpha value is -3.13. The SMILES string of the molecule is CC(C=NN(Cc1ccccc1)c1ccccc1)=Cc1ccccc1. The minimum absolute atomic E-state index is 0.736. The van der Waals surface area contributed by atoms with E-state index in [9.17, 15) is 0 Å². The molecule has 3 aromatic rings. The van der Waals surface area contributed by atoms with Gasteiger partial charge >= 0.3 is 0 Å². The largest absolute Gasteiger partial charge is 0.261 e. The van der Waals surface area contributed by atoms with E-state index in [0.717, 1.165) is 17.8 Å². The Morgan fingerprint density at radius 1 is 0.800 bits per heavy atom. The maximum Gasteiger partial charge on any atom is 0.0666 e. The number of anilines is 1. The summed E-state index contributed by atoms with van der Waals surface area (Å²) in [6.07, 6.45) is 4.05. The second-order valence-corrected chi connectivity index (χ2v) is 5.92. The predicted molar refractivity (Wildman–Crippen MR) is 108 cm³/mol. The van der Waals surface area contributed by atoms with Gasteiger partial charge in [0.25, 0.3) is 0 Å². The molecule has 0 unspecified atom stereocenters. The minimum atomic E-state index is 0.736. The summed E-state index contributed by atoms with van der Waals surface area (Å²) in [4.78, 5) is 0. The summed E-state index contributed by atoms with van der Waals surface area (Å²) in [6.45, 7) is 2.81. The van der Waals surface area contributed by atoms with Gasteiger partial charge < -0.3 is 0 Å². The molecule has 0 amide bonds. The molecule has 3 aromatic carbocycles. The molecule has 0 radical (unpaired) electrons. The number of rotatable bonds is 6. The van der Waals surface area contributed by atoms with Crippen LogP contribution in [0.25, 0.3) is 6.08 Å². The van der Waals surface area contributed by atoms with E-state index >= 15 is 0 Å². The zero-order valence-electron chi connectivity index (χ0n) is 14.4. The van der Waals surface area contributed by atoms with Gasteiger partial charge in [-0.15, -0.1) is 0 Å². The summed E-state index contributed by atoms with van der Waals surface area (Å²) >= 11 is 0. The predicted octanol–water partition coefficient (Wildman–Crippen LogP) is 5.78. The zero-order valence-corrected chi connectivity index (χ0v) is 14.4. The zero-order chi connectivity index (χ0) is 17.3. The highest BCUT2D eigenvalue weighted by Gasteiger charge is 2.05. The number of benzene rings is 3. The molecular weight excluding hydrogens is 304 g/mol. The van der Waals surface area contributed by atoms with Gasteiger partial charge in [-0.25, -0.2) is 0 Å². The van der Waals surface area contributed by atoms with Crippen LogP contribution in [-0.4, -0.2) is 6.21 Å². The molecule has 3 rings (SSSR count). The molecule has 0 N–H and O–H groups in total. The van der Waals surface area contributed by atoms with Crippen LogP contribution in [0.1, 0.15) is 18.1 Å². The first-order chi connectivity index (χ1) is 12.3. The van der Waals surface area contributed by atoms with Crippen molar-refractivity contribution in [2.45, 2.75) is 13.5 Å². The molecule has 0 atom stereocenters. The fourth-order valence-corrected chi connectivity index (χ4v) is 2.57. The second kappa shape index (κ2) is 8.65. The average molecular weight is 326 g/mol. The lowest BCUT2D eigenvalue weighted by molar-refractivity contribution is 0.858. The molecule has 0 saturated carbocycles. The Morgan fingerprint density at radius 3 is 2.00 bits per heavy atom. The van der Waals surface area contributed by atoms with Gasteiger partial charge in [0, 0.05) is 0 Å². The summed E-state index contributed by atoms with van der Waals surface area (Å²) in [5.41, 5.74) is 4.60. The van der Waals surface area contributed by atoms with Crippen molar-refractivity contribution in [2.24, 2.45) is 5.10 Å². The molecule has 0 aliphatic carbocycles. The molecule has 0 spiro atoms. The van der Waals surface area contributed by atoms with Gasteiger partial charge in [-0.3, -0.25) is 5.01 Å². The van der Waals surface area contributed by atoms with Crippen LogP contribution in [-0.2, 0) is 6.54 Å². The van der Waals surface area contributed by atoms with Crippen LogP contribution >= 0.6 is 0 Å². The van der Waals surface area contributed by atoms with Crippen LogP contribution in [0.2, 0.25) is 0 Å². The Morgan fingerprint density at radius 2 is 1.36 bits per heavy atom. The first-order valence-electron chi connectivity index (χ1n) is 8.45. The third-order valence-corrected chi connectivity index (χ3v) is 3.82. The van der Waals surface area contributed by atoms with Crippen molar-refractivity contribution >= 4 is 18.0 Å². The summed E-state index contributed by atoms with van der Waals surface area (Å²) in [6, 6.07) is 31.0. The van der Waals surface area contributed by atoms with Gasteiger partial charge in [-0.1, -0.05) is 84.9 Å². The normalized spacial score (nSPS) is 11.6. The molecule has 0 fully saturated rings. The number of hydrogen-bond acceptors (Lipinski definition) is 2. The van der Waals surface area contributed by atoms with Crippen molar-refractivity contribution in [3.8, 4) is 0 Å². The third kappa shape index (κ3) is 5.18. The van der Waals surface area contributed by atoms with E-state index in [1.165, 1.54) is 11.1 Å². The molecule has 0 saturated heterocycles. The first-order valence-corrected chi connectivity index (χ1v) is 8.45. The van der Waals surface area contributed by atoms with E-state index in [1.807, 2.05) is 53.7 Å². The third-order valence-electron chi connectivity index (χ3n) is 3.82. The first kappa shape index (κ1) is 16.7. The van der Waals surface area contributed by atoms with E-state index < -0.39 is 0 Å². The van der Waals surface area contributed by atoms with Crippen molar-refractivity contribution in [1.29, 1.82) is 0 Å². The minimum Gasteiger partial charge on any atom is -0.261 e. The maximum atomic E-state index is 4.73. The molecule has 0 aromatic heterocycles. The molecule has 0 heterocycles. The molecule has 0 bridgehead atoms. The maximum absolute atomic E-state index is 4.73. The van der Waals surface area contributed by atoms with Crippen LogP contribution in [0, 0.1) is 0 Å². The van der Waals surface area contributed by atoms with Crippen molar-refractivity contribution in [3.63, 3.8) is 0 Å². The summed E-state index contributed by atoms with van der Waals surface area (Å²) in [5.74, 6) is 0. The van der Waals surface area contributed by atoms with Gasteiger partial charge in [-0.05, 0) is 35.8 Å². The molecular formula is C23H22N2.